The zero-order valence-electron chi connectivity index (χ0n) is 42.3. The van der Waals surface area contributed by atoms with Crippen molar-refractivity contribution < 1.29 is 19.8 Å². The van der Waals surface area contributed by atoms with Crippen molar-refractivity contribution in [2.45, 2.75) is 90.1 Å². The van der Waals surface area contributed by atoms with Gasteiger partial charge in [-0.2, -0.15) is 0 Å². The number of carbonyl (C=O) groups excluding carboxylic acids is 2. The summed E-state index contributed by atoms with van der Waals surface area (Å²) in [5.74, 6) is -1.16. The third-order valence-corrected chi connectivity index (χ3v) is 17.0. The number of benzene rings is 4. The van der Waals surface area contributed by atoms with Crippen LogP contribution in [-0.4, -0.2) is 89.1 Å². The first-order valence-corrected chi connectivity index (χ1v) is 26.5. The van der Waals surface area contributed by atoms with Crippen LogP contribution in [0.15, 0.2) is 155 Å². The van der Waals surface area contributed by atoms with Gasteiger partial charge < -0.3 is 29.1 Å². The average Bonchev–Trinajstić information content (AvgIpc) is 3.77. The summed E-state index contributed by atoms with van der Waals surface area (Å²) in [7, 11) is 0. The summed E-state index contributed by atoms with van der Waals surface area (Å²) in [5, 5.41) is 21.3. The Morgan fingerprint density at radius 3 is 1.27 bits per heavy atom. The number of hydrogen-bond acceptors (Lipinski definition) is 8. The van der Waals surface area contributed by atoms with Crippen molar-refractivity contribution in [2.75, 3.05) is 26.3 Å². The third kappa shape index (κ3) is 8.91. The second kappa shape index (κ2) is 21.1. The molecule has 4 aromatic carbocycles. The van der Waals surface area contributed by atoms with E-state index >= 15 is 0 Å². The molecule has 4 bridgehead atoms. The molecule has 6 aromatic rings. The Balaban J connectivity index is 0.000000159. The van der Waals surface area contributed by atoms with Crippen molar-refractivity contribution in [1.29, 1.82) is 0 Å². The van der Waals surface area contributed by atoms with Crippen LogP contribution in [0.25, 0.3) is 12.2 Å². The van der Waals surface area contributed by atoms with E-state index in [4.69, 9.17) is 0 Å². The third-order valence-electron chi connectivity index (χ3n) is 17.0. The average molecular weight is 991 g/mol. The van der Waals surface area contributed by atoms with Gasteiger partial charge in [0.25, 0.3) is 11.1 Å². The first-order chi connectivity index (χ1) is 36.2. The van der Waals surface area contributed by atoms with Crippen molar-refractivity contribution >= 4 is 24.0 Å². The summed E-state index contributed by atoms with van der Waals surface area (Å²) in [6.45, 7) is 8.45. The molecule has 0 spiro atoms. The van der Waals surface area contributed by atoms with Crippen LogP contribution in [0.5, 0.6) is 0 Å². The van der Waals surface area contributed by atoms with E-state index in [-0.39, 0.29) is 72.1 Å². The van der Waals surface area contributed by atoms with Gasteiger partial charge in [-0.1, -0.05) is 133 Å². The summed E-state index contributed by atoms with van der Waals surface area (Å²) in [6, 6.07) is 44.2. The van der Waals surface area contributed by atoms with Gasteiger partial charge in [0.1, 0.15) is 0 Å². The number of amides is 2. The highest BCUT2D eigenvalue weighted by Crippen LogP contribution is 2.51. The Kier molecular flexibility index (Phi) is 14.1. The second-order valence-electron chi connectivity index (χ2n) is 20.9. The fourth-order valence-electron chi connectivity index (χ4n) is 13.5. The molecule has 2 N–H and O–H groups in total. The molecule has 74 heavy (non-hydrogen) atoms. The number of carbonyl (C=O) groups is 2. The monoisotopic (exact) mass is 991 g/mol. The Labute approximate surface area is 433 Å². The van der Waals surface area contributed by atoms with Gasteiger partial charge in [-0.3, -0.25) is 29.0 Å². The molecule has 2 aromatic heterocycles. The molecule has 0 unspecified atom stereocenters. The Bertz CT molecular complexity index is 3010. The molecule has 12 nitrogen and oxygen atoms in total. The fraction of sp³-hybridized carbons (Fsp3) is 0.355. The number of nitrogens with zero attached hydrogens (tertiary/aromatic N) is 6. The maximum Gasteiger partial charge on any atom is 0.258 e. The molecule has 2 fully saturated rings. The molecule has 8 heterocycles. The van der Waals surface area contributed by atoms with Gasteiger partial charge in [0.2, 0.25) is 11.8 Å². The van der Waals surface area contributed by atoms with Crippen LogP contribution in [0, 0.1) is 23.7 Å². The molecule has 2 amide bonds. The van der Waals surface area contributed by atoms with E-state index in [1.54, 1.807) is 0 Å². The smallest absolute Gasteiger partial charge is 0.258 e. The maximum atomic E-state index is 14.3. The molecular formula is C62H66N6O6. The number of hydrogen-bond donors (Lipinski definition) is 2. The van der Waals surface area contributed by atoms with Gasteiger partial charge in [-0.15, -0.1) is 0 Å². The lowest BCUT2D eigenvalue weighted by Crippen LogP contribution is -2.46. The lowest BCUT2D eigenvalue weighted by atomic mass is 9.85. The molecule has 6 aliphatic heterocycles. The van der Waals surface area contributed by atoms with Crippen molar-refractivity contribution in [1.82, 2.24) is 28.7 Å². The fourth-order valence-corrected chi connectivity index (χ4v) is 13.5. The Morgan fingerprint density at radius 2 is 0.892 bits per heavy atom. The van der Waals surface area contributed by atoms with E-state index in [2.05, 4.69) is 70.5 Å². The molecule has 2 saturated heterocycles. The lowest BCUT2D eigenvalue weighted by molar-refractivity contribution is -0.140. The number of aliphatic hydroxyl groups is 2. The largest absolute Gasteiger partial charge is 0.396 e. The molecule has 380 valence electrons. The number of rotatable bonds is 10. The van der Waals surface area contributed by atoms with Crippen LogP contribution in [0.3, 0.4) is 0 Å². The summed E-state index contributed by atoms with van der Waals surface area (Å²) in [4.78, 5) is 64.1. The number of aliphatic hydroxyl groups excluding tert-OH is 2. The topological polar surface area (TPSA) is 132 Å². The SMILES string of the molecule is C/C=C/c1ccc2n(c1=O)C[C@@H]1[C@@H](CO)[C@H](C(=O)N3CCc4ccccc4C3)[C@H]2N1Cc1ccccc1.C/C=C\c1ccc2n(c1=O)C[C@@H]1[C@@H](CO)[C@H](C(=O)N3CCc4ccccc4C3)[C@H]2N1Cc1ccccc1. The molecule has 8 atom stereocenters. The van der Waals surface area contributed by atoms with Gasteiger partial charge in [0.15, 0.2) is 0 Å². The highest BCUT2D eigenvalue weighted by Gasteiger charge is 2.58. The first-order valence-electron chi connectivity index (χ1n) is 26.5. The maximum absolute atomic E-state index is 14.3. The standard InChI is InChI=1S/2C31H33N3O3/c2*1-2-8-23-13-14-26-29-28(31(37)32-16-15-22-11-6-7-12-24(22)18-32)25(20-35)27(19-34(26)30(23)36)33(29)17-21-9-4-3-5-10-21/h2*2-14,25,27-29,35H,15-20H2,1H3/b8-2+;8-2-/t2*25-,27-,28+,29+/m11/s1. The van der Waals surface area contributed by atoms with Crippen LogP contribution in [0.1, 0.15) is 81.8 Å². The molecule has 0 saturated carbocycles. The van der Waals surface area contributed by atoms with Crippen molar-refractivity contribution in [3.8, 4) is 0 Å². The zero-order valence-corrected chi connectivity index (χ0v) is 42.3. The molecule has 0 aliphatic carbocycles. The van der Waals surface area contributed by atoms with E-state index in [9.17, 15) is 29.4 Å². The highest BCUT2D eigenvalue weighted by molar-refractivity contribution is 5.82. The molecule has 6 aliphatic rings. The summed E-state index contributed by atoms with van der Waals surface area (Å²) in [6.07, 6.45) is 9.10. The quantitative estimate of drug-likeness (QED) is 0.147. The summed E-state index contributed by atoms with van der Waals surface area (Å²) < 4.78 is 3.71. The van der Waals surface area contributed by atoms with E-state index in [0.717, 1.165) is 35.4 Å². The predicted molar refractivity (Wildman–Crippen MR) is 287 cm³/mol. The minimum absolute atomic E-state index is 0.0263. The summed E-state index contributed by atoms with van der Waals surface area (Å²) in [5.41, 5.74) is 10.3. The van der Waals surface area contributed by atoms with Crippen molar-refractivity contribution in [2.24, 2.45) is 23.7 Å². The van der Waals surface area contributed by atoms with Gasteiger partial charge >= 0.3 is 0 Å². The zero-order chi connectivity index (χ0) is 51.0. The van der Waals surface area contributed by atoms with Crippen LogP contribution in [0.2, 0.25) is 0 Å². The van der Waals surface area contributed by atoms with Crippen molar-refractivity contribution in [3.05, 3.63) is 222 Å². The predicted octanol–water partition coefficient (Wildman–Crippen LogP) is 7.26. The number of fused-ring (bicyclic) bond motifs is 10. The highest BCUT2D eigenvalue weighted by atomic mass is 16.3. The Morgan fingerprint density at radius 1 is 0.514 bits per heavy atom. The van der Waals surface area contributed by atoms with E-state index in [1.165, 1.54) is 22.3 Å². The molecule has 12 heteroatoms. The van der Waals surface area contributed by atoms with Crippen LogP contribution < -0.4 is 11.1 Å². The van der Waals surface area contributed by atoms with Crippen LogP contribution in [0.4, 0.5) is 0 Å². The second-order valence-corrected chi connectivity index (χ2v) is 20.9. The lowest BCUT2D eigenvalue weighted by Gasteiger charge is -2.39. The number of pyridine rings is 2. The molecule has 12 rings (SSSR count). The molecular weight excluding hydrogens is 925 g/mol. The number of aromatic nitrogens is 2. The van der Waals surface area contributed by atoms with E-state index in [1.807, 2.05) is 130 Å². The van der Waals surface area contributed by atoms with E-state index < -0.39 is 11.8 Å². The minimum Gasteiger partial charge on any atom is -0.396 e. The van der Waals surface area contributed by atoms with Crippen LogP contribution >= 0.6 is 0 Å². The van der Waals surface area contributed by atoms with Crippen LogP contribution in [-0.2, 0) is 61.7 Å². The first kappa shape index (κ1) is 49.3. The molecule has 0 radical (unpaired) electrons. The summed E-state index contributed by atoms with van der Waals surface area (Å²) >= 11 is 0. The van der Waals surface area contributed by atoms with Gasteiger partial charge in [-0.05, 0) is 84.3 Å². The van der Waals surface area contributed by atoms with Crippen molar-refractivity contribution in [3.63, 3.8) is 0 Å². The van der Waals surface area contributed by atoms with Gasteiger partial charge in [0, 0.05) is 112 Å². The minimum atomic E-state index is -0.412. The van der Waals surface area contributed by atoms with Gasteiger partial charge in [-0.25, -0.2) is 0 Å². The Hall–Kier alpha value is -6.96. The normalized spacial score (nSPS) is 24.8. The van der Waals surface area contributed by atoms with E-state index in [0.29, 0.717) is 63.5 Å². The van der Waals surface area contributed by atoms with Gasteiger partial charge in [0.05, 0.1) is 23.9 Å². The number of allylic oxidation sites excluding steroid dienone is 2.